The number of hydrogen-bond acceptors (Lipinski definition) is 3. The maximum atomic E-state index is 10.7. The van der Waals surface area contributed by atoms with Crippen LogP contribution < -0.4 is 15.5 Å². The van der Waals surface area contributed by atoms with Crippen molar-refractivity contribution in [2.24, 2.45) is 0 Å². The highest BCUT2D eigenvalue weighted by atomic mass is 35.5. The van der Waals surface area contributed by atoms with E-state index in [4.69, 9.17) is 23.8 Å². The lowest BCUT2D eigenvalue weighted by molar-refractivity contribution is -0.856. The van der Waals surface area contributed by atoms with Gasteiger partial charge in [-0.05, 0) is 24.4 Å². The number of thiocarbonyl (C=S) groups is 1. The Morgan fingerprint density at radius 3 is 2.79 bits per heavy atom. The molecular weight excluding hydrogens is 288 g/mol. The molecule has 0 saturated carbocycles. The molecule has 1 aromatic carbocycles. The fourth-order valence-electron chi connectivity index (χ4n) is 1.33. The molecule has 3 N–H and O–H groups in total. The van der Waals surface area contributed by atoms with Crippen molar-refractivity contribution in [3.05, 3.63) is 33.3 Å². The van der Waals surface area contributed by atoms with Gasteiger partial charge >= 0.3 is 0 Å². The second kappa shape index (κ2) is 7.22. The molecule has 0 spiro atoms. The number of nitrogens with zero attached hydrogens (tertiary/aromatic N) is 1. The summed E-state index contributed by atoms with van der Waals surface area (Å²) in [4.78, 5) is 11.5. The van der Waals surface area contributed by atoms with Crippen molar-refractivity contribution in [3.63, 3.8) is 0 Å². The second-order valence-corrected chi connectivity index (χ2v) is 5.08. The van der Waals surface area contributed by atoms with Crippen molar-refractivity contribution >= 4 is 40.3 Å². The molecule has 1 aromatic rings. The Morgan fingerprint density at radius 1 is 1.53 bits per heavy atom. The molecule has 0 fully saturated rings. The van der Waals surface area contributed by atoms with Crippen molar-refractivity contribution in [1.82, 2.24) is 5.32 Å². The Bertz CT molecular complexity index is 482. The normalized spacial score (nSPS) is 10.3. The van der Waals surface area contributed by atoms with Gasteiger partial charge in [-0.1, -0.05) is 11.6 Å². The van der Waals surface area contributed by atoms with Gasteiger partial charge < -0.3 is 15.5 Å². The predicted molar refractivity (Wildman–Crippen MR) is 80.0 cm³/mol. The lowest BCUT2D eigenvalue weighted by atomic mass is 10.3. The van der Waals surface area contributed by atoms with Gasteiger partial charge in [0.05, 0.1) is 32.1 Å². The maximum Gasteiger partial charge on any atom is 0.289 e. The van der Waals surface area contributed by atoms with E-state index in [0.29, 0.717) is 10.8 Å². The van der Waals surface area contributed by atoms with E-state index in [9.17, 15) is 10.1 Å². The molecule has 0 unspecified atom stereocenters. The average molecular weight is 304 g/mol. The second-order valence-electron chi connectivity index (χ2n) is 4.26. The molecule has 0 saturated heterocycles. The SMILES string of the molecule is C[NH+](C)CCNC(=S)Nc1ccc(Cl)c([N+](=O)[O-])c1. The first-order valence-corrected chi connectivity index (χ1v) is 6.46. The van der Waals surface area contributed by atoms with E-state index in [1.165, 1.54) is 17.0 Å². The number of nitro benzene ring substituents is 1. The number of quaternary nitrogens is 1. The molecule has 0 amide bonds. The van der Waals surface area contributed by atoms with Crippen LogP contribution in [0.4, 0.5) is 11.4 Å². The zero-order valence-electron chi connectivity index (χ0n) is 10.7. The smallest absolute Gasteiger partial charge is 0.289 e. The van der Waals surface area contributed by atoms with Crippen molar-refractivity contribution in [3.8, 4) is 0 Å². The number of benzene rings is 1. The predicted octanol–water partition coefficient (Wildman–Crippen LogP) is 0.679. The fourth-order valence-corrected chi connectivity index (χ4v) is 1.74. The van der Waals surface area contributed by atoms with E-state index in [0.717, 1.165) is 13.1 Å². The van der Waals surface area contributed by atoms with E-state index in [-0.39, 0.29) is 10.7 Å². The highest BCUT2D eigenvalue weighted by Gasteiger charge is 2.13. The molecule has 0 heterocycles. The van der Waals surface area contributed by atoms with Crippen LogP contribution >= 0.6 is 23.8 Å². The van der Waals surface area contributed by atoms with Crippen LogP contribution in [0.25, 0.3) is 0 Å². The van der Waals surface area contributed by atoms with Crippen molar-refractivity contribution in [2.75, 3.05) is 32.5 Å². The first-order valence-electron chi connectivity index (χ1n) is 5.68. The molecule has 0 atom stereocenters. The quantitative estimate of drug-likeness (QED) is 0.424. The molecule has 0 aliphatic carbocycles. The van der Waals surface area contributed by atoms with Crippen LogP contribution in [0.15, 0.2) is 18.2 Å². The van der Waals surface area contributed by atoms with Crippen LogP contribution in [-0.2, 0) is 0 Å². The van der Waals surface area contributed by atoms with Crippen molar-refractivity contribution in [1.29, 1.82) is 0 Å². The number of nitrogens with one attached hydrogen (secondary N) is 3. The molecule has 0 radical (unpaired) electrons. The summed E-state index contributed by atoms with van der Waals surface area (Å²) in [5.74, 6) is 0. The van der Waals surface area contributed by atoms with E-state index in [2.05, 4.69) is 10.6 Å². The number of likely N-dealkylation sites (N-methyl/N-ethyl adjacent to an activating group) is 1. The van der Waals surface area contributed by atoms with Gasteiger partial charge in [0.15, 0.2) is 5.11 Å². The van der Waals surface area contributed by atoms with Crippen molar-refractivity contribution in [2.45, 2.75) is 0 Å². The highest BCUT2D eigenvalue weighted by molar-refractivity contribution is 7.80. The summed E-state index contributed by atoms with van der Waals surface area (Å²) in [7, 11) is 4.08. The summed E-state index contributed by atoms with van der Waals surface area (Å²) in [6.45, 7) is 1.65. The van der Waals surface area contributed by atoms with Crippen LogP contribution in [0.1, 0.15) is 0 Å². The molecule has 19 heavy (non-hydrogen) atoms. The largest absolute Gasteiger partial charge is 0.357 e. The standard InChI is InChI=1S/C11H15ClN4O2S/c1-15(2)6-5-13-11(19)14-8-3-4-9(12)10(7-8)16(17)18/h3-4,7H,5-6H2,1-2H3,(H2,13,14,19)/p+1. The van der Waals surface area contributed by atoms with Gasteiger partial charge in [-0.15, -0.1) is 0 Å². The third-order valence-corrected chi connectivity index (χ3v) is 2.88. The first kappa shape index (κ1) is 15.6. The van der Waals surface area contributed by atoms with Gasteiger partial charge in [0.2, 0.25) is 0 Å². The van der Waals surface area contributed by atoms with E-state index < -0.39 is 4.92 Å². The third kappa shape index (κ3) is 5.37. The Hall–Kier alpha value is -1.44. The van der Waals surface area contributed by atoms with Gasteiger partial charge in [0.1, 0.15) is 5.02 Å². The average Bonchev–Trinajstić information content (AvgIpc) is 2.30. The summed E-state index contributed by atoms with van der Waals surface area (Å²) in [5.41, 5.74) is 0.387. The van der Waals surface area contributed by atoms with E-state index in [1.807, 2.05) is 14.1 Å². The fraction of sp³-hybridized carbons (Fsp3) is 0.364. The number of hydrogen-bond donors (Lipinski definition) is 3. The molecule has 0 aromatic heterocycles. The monoisotopic (exact) mass is 303 g/mol. The summed E-state index contributed by atoms with van der Waals surface area (Å²) in [5, 5.41) is 17.2. The molecule has 0 aliphatic heterocycles. The van der Waals surface area contributed by atoms with Crippen LogP contribution in [0, 0.1) is 10.1 Å². The van der Waals surface area contributed by atoms with Gasteiger partial charge in [-0.3, -0.25) is 10.1 Å². The van der Waals surface area contributed by atoms with E-state index in [1.54, 1.807) is 6.07 Å². The summed E-state index contributed by atoms with van der Waals surface area (Å²) in [6.07, 6.45) is 0. The summed E-state index contributed by atoms with van der Waals surface area (Å²) >= 11 is 10.8. The zero-order valence-corrected chi connectivity index (χ0v) is 12.3. The van der Waals surface area contributed by atoms with Crippen LogP contribution in [0.2, 0.25) is 5.02 Å². The minimum absolute atomic E-state index is 0.102. The first-order chi connectivity index (χ1) is 8.90. The molecule has 6 nitrogen and oxygen atoms in total. The Kier molecular flexibility index (Phi) is 5.94. The lowest BCUT2D eigenvalue weighted by Gasteiger charge is -2.12. The Balaban J connectivity index is 2.60. The van der Waals surface area contributed by atoms with Crippen LogP contribution in [0.3, 0.4) is 0 Å². The highest BCUT2D eigenvalue weighted by Crippen LogP contribution is 2.27. The molecule has 0 bridgehead atoms. The van der Waals surface area contributed by atoms with Crippen molar-refractivity contribution < 1.29 is 9.82 Å². The molecule has 0 aliphatic rings. The van der Waals surface area contributed by atoms with Gasteiger partial charge in [-0.25, -0.2) is 0 Å². The molecule has 104 valence electrons. The summed E-state index contributed by atoms with van der Waals surface area (Å²) in [6, 6.07) is 4.46. The minimum Gasteiger partial charge on any atom is -0.357 e. The van der Waals surface area contributed by atoms with Crippen LogP contribution in [-0.4, -0.2) is 37.2 Å². The molecule has 1 rings (SSSR count). The summed E-state index contributed by atoms with van der Waals surface area (Å²) < 4.78 is 0. The van der Waals surface area contributed by atoms with Gasteiger partial charge in [0.25, 0.3) is 5.69 Å². The van der Waals surface area contributed by atoms with E-state index >= 15 is 0 Å². The molecule has 8 heteroatoms. The molecular formula is C11H16ClN4O2S+. The zero-order chi connectivity index (χ0) is 14.4. The number of nitro groups is 1. The number of halogens is 1. The lowest BCUT2D eigenvalue weighted by Crippen LogP contribution is -3.06. The van der Waals surface area contributed by atoms with Gasteiger partial charge in [0, 0.05) is 11.8 Å². The number of rotatable bonds is 5. The minimum atomic E-state index is -0.528. The Labute approximate surface area is 121 Å². The maximum absolute atomic E-state index is 10.7. The third-order valence-electron chi connectivity index (χ3n) is 2.31. The topological polar surface area (TPSA) is 71.6 Å². The number of anilines is 1. The van der Waals surface area contributed by atoms with Crippen LogP contribution in [0.5, 0.6) is 0 Å². The Morgan fingerprint density at radius 2 is 2.21 bits per heavy atom. The van der Waals surface area contributed by atoms with Gasteiger partial charge in [-0.2, -0.15) is 0 Å².